The zero-order valence-corrected chi connectivity index (χ0v) is 11.4. The summed E-state index contributed by atoms with van der Waals surface area (Å²) in [5, 5.41) is 12.0. The number of nitrogens with one attached hydrogen (secondary N) is 1. The van der Waals surface area contributed by atoms with Crippen molar-refractivity contribution in [2.24, 2.45) is 0 Å². The minimum absolute atomic E-state index is 0.280. The molecule has 0 spiro atoms. The molecule has 2 N–H and O–H groups in total. The van der Waals surface area contributed by atoms with Crippen molar-refractivity contribution in [3.63, 3.8) is 0 Å². The first-order valence-corrected chi connectivity index (χ1v) is 7.06. The Bertz CT molecular complexity index is 438. The normalized spacial score (nSPS) is 16.1. The van der Waals surface area contributed by atoms with Crippen LogP contribution in [0.1, 0.15) is 42.5 Å². The lowest BCUT2D eigenvalue weighted by Crippen LogP contribution is -2.30. The molecule has 0 atom stereocenters. The van der Waals surface area contributed by atoms with Gasteiger partial charge in [0.1, 0.15) is 17.1 Å². The number of ether oxygens (including phenoxy) is 1. The Morgan fingerprint density at radius 3 is 2.80 bits per heavy atom. The Morgan fingerprint density at radius 1 is 1.35 bits per heavy atom. The van der Waals surface area contributed by atoms with E-state index < -0.39 is 11.7 Å². The second-order valence-electron chi connectivity index (χ2n) is 5.02. The quantitative estimate of drug-likeness (QED) is 0.816. The maximum absolute atomic E-state index is 13.4. The molecule has 0 aromatic heterocycles. The van der Waals surface area contributed by atoms with E-state index in [1.165, 1.54) is 31.4 Å². The highest BCUT2D eigenvalue weighted by Gasteiger charge is 2.16. The van der Waals surface area contributed by atoms with Gasteiger partial charge in [-0.1, -0.05) is 25.3 Å². The molecule has 1 aliphatic rings. The minimum Gasteiger partial charge on any atom is -0.507 e. The molecule has 1 aliphatic carbocycles. The maximum atomic E-state index is 13.4. The van der Waals surface area contributed by atoms with E-state index in [4.69, 9.17) is 4.74 Å². The van der Waals surface area contributed by atoms with Gasteiger partial charge in [0.2, 0.25) is 0 Å². The number of rotatable bonds is 5. The van der Waals surface area contributed by atoms with E-state index in [0.717, 1.165) is 18.9 Å². The molecule has 1 aromatic carbocycles. The van der Waals surface area contributed by atoms with Gasteiger partial charge in [0.25, 0.3) is 5.91 Å². The molecule has 110 valence electrons. The molecule has 0 unspecified atom stereocenters. The van der Waals surface area contributed by atoms with Crippen molar-refractivity contribution in [3.05, 3.63) is 29.6 Å². The van der Waals surface area contributed by atoms with E-state index >= 15 is 0 Å². The van der Waals surface area contributed by atoms with E-state index in [0.29, 0.717) is 13.2 Å². The Balaban J connectivity index is 1.75. The Kier molecular flexibility index (Phi) is 5.35. The van der Waals surface area contributed by atoms with Gasteiger partial charge in [-0.25, -0.2) is 4.39 Å². The molecule has 4 nitrogen and oxygen atoms in total. The topological polar surface area (TPSA) is 58.6 Å². The SMILES string of the molecule is O=C(NCCOC1CCCCC1)c1c(O)cccc1F. The summed E-state index contributed by atoms with van der Waals surface area (Å²) >= 11 is 0. The summed E-state index contributed by atoms with van der Waals surface area (Å²) in [6, 6.07) is 3.79. The summed E-state index contributed by atoms with van der Waals surface area (Å²) in [6.07, 6.45) is 6.08. The van der Waals surface area contributed by atoms with Crippen LogP contribution < -0.4 is 5.32 Å². The molecule has 0 bridgehead atoms. The van der Waals surface area contributed by atoms with Crippen LogP contribution >= 0.6 is 0 Å². The predicted molar refractivity (Wildman–Crippen MR) is 73.2 cm³/mol. The van der Waals surface area contributed by atoms with Gasteiger partial charge in [-0.3, -0.25) is 4.79 Å². The van der Waals surface area contributed by atoms with Crippen LogP contribution in [-0.4, -0.2) is 30.3 Å². The fourth-order valence-corrected chi connectivity index (χ4v) is 2.45. The average Bonchev–Trinajstić information content (AvgIpc) is 2.44. The van der Waals surface area contributed by atoms with Crippen molar-refractivity contribution in [2.45, 2.75) is 38.2 Å². The van der Waals surface area contributed by atoms with Crippen molar-refractivity contribution >= 4 is 5.91 Å². The maximum Gasteiger partial charge on any atom is 0.258 e. The number of halogens is 1. The number of carbonyl (C=O) groups excluding carboxylic acids is 1. The van der Waals surface area contributed by atoms with Crippen LogP contribution in [0.4, 0.5) is 4.39 Å². The van der Waals surface area contributed by atoms with Gasteiger partial charge < -0.3 is 15.2 Å². The first-order valence-electron chi connectivity index (χ1n) is 7.06. The molecule has 1 aromatic rings. The lowest BCUT2D eigenvalue weighted by molar-refractivity contribution is 0.0299. The number of hydrogen-bond donors (Lipinski definition) is 2. The Hall–Kier alpha value is -1.62. The summed E-state index contributed by atoms with van der Waals surface area (Å²) in [5.41, 5.74) is -0.315. The standard InChI is InChI=1S/C15H20FNO3/c16-12-7-4-8-13(18)14(12)15(19)17-9-10-20-11-5-2-1-3-6-11/h4,7-8,11,18H,1-3,5-6,9-10H2,(H,17,19). The summed E-state index contributed by atoms with van der Waals surface area (Å²) in [6.45, 7) is 0.717. The van der Waals surface area contributed by atoms with Crippen molar-refractivity contribution in [1.82, 2.24) is 5.32 Å². The number of aromatic hydroxyl groups is 1. The number of carbonyl (C=O) groups is 1. The highest BCUT2D eigenvalue weighted by Crippen LogP contribution is 2.20. The first-order chi connectivity index (χ1) is 9.68. The van der Waals surface area contributed by atoms with Gasteiger partial charge in [0, 0.05) is 6.54 Å². The summed E-state index contributed by atoms with van der Waals surface area (Å²) < 4.78 is 19.1. The molecule has 0 radical (unpaired) electrons. The molecular weight excluding hydrogens is 261 g/mol. The Labute approximate surface area is 117 Å². The van der Waals surface area contributed by atoms with E-state index in [-0.39, 0.29) is 17.4 Å². The second-order valence-corrected chi connectivity index (χ2v) is 5.02. The van der Waals surface area contributed by atoms with E-state index in [9.17, 15) is 14.3 Å². The van der Waals surface area contributed by atoms with Crippen LogP contribution in [-0.2, 0) is 4.74 Å². The van der Waals surface area contributed by atoms with Gasteiger partial charge in [-0.2, -0.15) is 0 Å². The average molecular weight is 281 g/mol. The number of amides is 1. The molecule has 2 rings (SSSR count). The molecule has 1 saturated carbocycles. The number of hydrogen-bond acceptors (Lipinski definition) is 3. The largest absolute Gasteiger partial charge is 0.507 e. The molecule has 5 heteroatoms. The highest BCUT2D eigenvalue weighted by molar-refractivity contribution is 5.97. The lowest BCUT2D eigenvalue weighted by Gasteiger charge is -2.22. The molecule has 0 aliphatic heterocycles. The van der Waals surface area contributed by atoms with Crippen LogP contribution in [0, 0.1) is 5.82 Å². The fourth-order valence-electron chi connectivity index (χ4n) is 2.45. The molecule has 1 fully saturated rings. The van der Waals surface area contributed by atoms with Crippen molar-refractivity contribution < 1.29 is 19.0 Å². The molecule has 0 heterocycles. The summed E-state index contributed by atoms with van der Waals surface area (Å²) in [7, 11) is 0. The summed E-state index contributed by atoms with van der Waals surface area (Å²) in [4.78, 5) is 11.8. The third-order valence-electron chi connectivity index (χ3n) is 3.51. The smallest absolute Gasteiger partial charge is 0.258 e. The van der Waals surface area contributed by atoms with Crippen LogP contribution in [0.25, 0.3) is 0 Å². The molecule has 20 heavy (non-hydrogen) atoms. The zero-order valence-electron chi connectivity index (χ0n) is 11.4. The van der Waals surface area contributed by atoms with Gasteiger partial charge in [-0.15, -0.1) is 0 Å². The second kappa shape index (κ2) is 7.24. The third kappa shape index (κ3) is 3.93. The van der Waals surface area contributed by atoms with Crippen molar-refractivity contribution in [1.29, 1.82) is 0 Å². The minimum atomic E-state index is -0.726. The predicted octanol–water partition coefficient (Wildman–Crippen LogP) is 2.61. The lowest BCUT2D eigenvalue weighted by atomic mass is 9.98. The zero-order chi connectivity index (χ0) is 14.4. The molecule has 1 amide bonds. The fraction of sp³-hybridized carbons (Fsp3) is 0.533. The highest BCUT2D eigenvalue weighted by atomic mass is 19.1. The third-order valence-corrected chi connectivity index (χ3v) is 3.51. The number of phenols is 1. The van der Waals surface area contributed by atoms with Gasteiger partial charge in [0.15, 0.2) is 0 Å². The van der Waals surface area contributed by atoms with Gasteiger partial charge >= 0.3 is 0 Å². The number of phenolic OH excluding ortho intramolecular Hbond substituents is 1. The van der Waals surface area contributed by atoms with E-state index in [2.05, 4.69) is 5.32 Å². The van der Waals surface area contributed by atoms with Crippen molar-refractivity contribution in [2.75, 3.05) is 13.2 Å². The van der Waals surface area contributed by atoms with Crippen LogP contribution in [0.3, 0.4) is 0 Å². The molecular formula is C15H20FNO3. The van der Waals surface area contributed by atoms with Crippen LogP contribution in [0.5, 0.6) is 5.75 Å². The monoisotopic (exact) mass is 281 g/mol. The van der Waals surface area contributed by atoms with Gasteiger partial charge in [0.05, 0.1) is 12.7 Å². The van der Waals surface area contributed by atoms with Crippen LogP contribution in [0.15, 0.2) is 18.2 Å². The molecule has 0 saturated heterocycles. The van der Waals surface area contributed by atoms with E-state index in [1.807, 2.05) is 0 Å². The van der Waals surface area contributed by atoms with Crippen molar-refractivity contribution in [3.8, 4) is 5.75 Å². The first kappa shape index (κ1) is 14.8. The van der Waals surface area contributed by atoms with Gasteiger partial charge in [-0.05, 0) is 25.0 Å². The van der Waals surface area contributed by atoms with Crippen LogP contribution in [0.2, 0.25) is 0 Å². The summed E-state index contributed by atoms with van der Waals surface area (Å²) in [5.74, 6) is -1.70. The van der Waals surface area contributed by atoms with E-state index in [1.54, 1.807) is 0 Å². The Morgan fingerprint density at radius 2 is 2.10 bits per heavy atom. The number of benzene rings is 1.